The second kappa shape index (κ2) is 7.25. The fourth-order valence-corrected chi connectivity index (χ4v) is 2.76. The van der Waals surface area contributed by atoms with Crippen molar-refractivity contribution in [1.29, 1.82) is 0 Å². The zero-order valence-electron chi connectivity index (χ0n) is 12.8. The average Bonchev–Trinajstić information content (AvgIpc) is 2.47. The molecule has 2 rings (SSSR count). The third-order valence-electron chi connectivity index (χ3n) is 3.83. The number of benzene rings is 1. The van der Waals surface area contributed by atoms with E-state index < -0.39 is 0 Å². The van der Waals surface area contributed by atoms with Gasteiger partial charge in [0.2, 0.25) is 5.91 Å². The Morgan fingerprint density at radius 3 is 2.90 bits per heavy atom. The van der Waals surface area contributed by atoms with Crippen molar-refractivity contribution in [2.75, 3.05) is 19.7 Å². The van der Waals surface area contributed by atoms with Crippen LogP contribution in [0.2, 0.25) is 0 Å². The van der Waals surface area contributed by atoms with Gasteiger partial charge in [0, 0.05) is 13.1 Å². The maximum atomic E-state index is 12.4. The normalized spacial score (nSPS) is 18.4. The van der Waals surface area contributed by atoms with Crippen molar-refractivity contribution in [3.8, 4) is 0 Å². The number of nitrogens with zero attached hydrogens (tertiary/aromatic N) is 1. The number of esters is 1. The molecule has 1 aromatic carbocycles. The molecule has 0 bridgehead atoms. The molecule has 0 radical (unpaired) electrons. The first-order valence-corrected chi connectivity index (χ1v) is 7.60. The predicted molar refractivity (Wildman–Crippen MR) is 80.8 cm³/mol. The van der Waals surface area contributed by atoms with Gasteiger partial charge >= 0.3 is 5.97 Å². The molecule has 4 nitrogen and oxygen atoms in total. The van der Waals surface area contributed by atoms with Gasteiger partial charge in [0.25, 0.3) is 0 Å². The largest absolute Gasteiger partial charge is 0.466 e. The molecular weight excluding hydrogens is 266 g/mol. The molecular formula is C17H23NO3. The SMILES string of the molecule is CCOC(=O)[C@@H]1CCCN(C(=O)Cc2cccc(C)c2)C1. The number of aryl methyl sites for hydroxylation is 1. The number of carbonyl (C=O) groups excluding carboxylic acids is 2. The second-order valence-electron chi connectivity index (χ2n) is 5.60. The molecule has 1 aliphatic heterocycles. The van der Waals surface area contributed by atoms with Crippen molar-refractivity contribution in [3.05, 3.63) is 35.4 Å². The van der Waals surface area contributed by atoms with Crippen LogP contribution >= 0.6 is 0 Å². The molecule has 0 aliphatic carbocycles. The van der Waals surface area contributed by atoms with E-state index >= 15 is 0 Å². The molecule has 0 N–H and O–H groups in total. The molecule has 1 amide bonds. The molecule has 1 saturated heterocycles. The Hall–Kier alpha value is -1.84. The van der Waals surface area contributed by atoms with E-state index in [0.29, 0.717) is 19.6 Å². The molecule has 21 heavy (non-hydrogen) atoms. The fourth-order valence-electron chi connectivity index (χ4n) is 2.76. The summed E-state index contributed by atoms with van der Waals surface area (Å²) in [5.74, 6) is -0.250. The van der Waals surface area contributed by atoms with Crippen molar-refractivity contribution in [2.24, 2.45) is 5.92 Å². The van der Waals surface area contributed by atoms with E-state index in [1.165, 1.54) is 0 Å². The van der Waals surface area contributed by atoms with Crippen molar-refractivity contribution in [1.82, 2.24) is 4.90 Å². The lowest BCUT2D eigenvalue weighted by Crippen LogP contribution is -2.43. The van der Waals surface area contributed by atoms with Gasteiger partial charge in [-0.05, 0) is 32.3 Å². The van der Waals surface area contributed by atoms with Crippen LogP contribution in [0.1, 0.15) is 30.9 Å². The predicted octanol–water partition coefficient (Wildman–Crippen LogP) is 2.34. The van der Waals surface area contributed by atoms with Gasteiger partial charge in [-0.3, -0.25) is 9.59 Å². The zero-order valence-corrected chi connectivity index (χ0v) is 12.8. The Morgan fingerprint density at radius 1 is 1.38 bits per heavy atom. The summed E-state index contributed by atoms with van der Waals surface area (Å²) in [4.78, 5) is 26.0. The number of rotatable bonds is 4. The number of hydrogen-bond donors (Lipinski definition) is 0. The summed E-state index contributed by atoms with van der Waals surface area (Å²) < 4.78 is 5.07. The molecule has 0 aromatic heterocycles. The Balaban J connectivity index is 1.94. The Labute approximate surface area is 126 Å². The van der Waals surface area contributed by atoms with Gasteiger partial charge in [0.1, 0.15) is 0 Å². The lowest BCUT2D eigenvalue weighted by molar-refractivity contribution is -0.151. The maximum absolute atomic E-state index is 12.4. The van der Waals surface area contributed by atoms with Crippen LogP contribution in [0.4, 0.5) is 0 Å². The third-order valence-corrected chi connectivity index (χ3v) is 3.83. The van der Waals surface area contributed by atoms with Gasteiger partial charge in [-0.2, -0.15) is 0 Å². The lowest BCUT2D eigenvalue weighted by Gasteiger charge is -2.31. The van der Waals surface area contributed by atoms with Gasteiger partial charge in [0.15, 0.2) is 0 Å². The van der Waals surface area contributed by atoms with Gasteiger partial charge in [-0.25, -0.2) is 0 Å². The minimum absolute atomic E-state index is 0.0922. The third kappa shape index (κ3) is 4.31. The number of carbonyl (C=O) groups is 2. The Bertz CT molecular complexity index is 513. The van der Waals surface area contributed by atoms with E-state index in [0.717, 1.165) is 30.5 Å². The zero-order chi connectivity index (χ0) is 15.2. The van der Waals surface area contributed by atoms with Gasteiger partial charge < -0.3 is 9.64 Å². The highest BCUT2D eigenvalue weighted by Gasteiger charge is 2.29. The fraction of sp³-hybridized carbons (Fsp3) is 0.529. The standard InChI is InChI=1S/C17H23NO3/c1-3-21-17(20)15-8-5-9-18(12-15)16(19)11-14-7-4-6-13(2)10-14/h4,6-7,10,15H,3,5,8-9,11-12H2,1-2H3/t15-/m1/s1. The minimum Gasteiger partial charge on any atom is -0.466 e. The van der Waals surface area contributed by atoms with E-state index in [1.807, 2.05) is 31.2 Å². The summed E-state index contributed by atoms with van der Waals surface area (Å²) in [6.45, 7) is 5.45. The number of likely N-dealkylation sites (tertiary alicyclic amines) is 1. The molecule has 114 valence electrons. The van der Waals surface area contributed by atoms with Crippen LogP contribution in [-0.4, -0.2) is 36.5 Å². The molecule has 1 aromatic rings. The van der Waals surface area contributed by atoms with E-state index in [1.54, 1.807) is 11.8 Å². The molecule has 1 atom stereocenters. The van der Waals surface area contributed by atoms with Gasteiger partial charge in [-0.1, -0.05) is 29.8 Å². The first-order chi connectivity index (χ1) is 10.1. The number of piperidine rings is 1. The van der Waals surface area contributed by atoms with Crippen LogP contribution in [0.3, 0.4) is 0 Å². The quantitative estimate of drug-likeness (QED) is 0.799. The highest BCUT2D eigenvalue weighted by atomic mass is 16.5. The highest BCUT2D eigenvalue weighted by Crippen LogP contribution is 2.19. The van der Waals surface area contributed by atoms with Crippen molar-refractivity contribution in [3.63, 3.8) is 0 Å². The topological polar surface area (TPSA) is 46.6 Å². The monoisotopic (exact) mass is 289 g/mol. The van der Waals surface area contributed by atoms with E-state index in [9.17, 15) is 9.59 Å². The summed E-state index contributed by atoms with van der Waals surface area (Å²) in [5, 5.41) is 0. The summed E-state index contributed by atoms with van der Waals surface area (Å²) in [7, 11) is 0. The van der Waals surface area contributed by atoms with Crippen LogP contribution in [0, 0.1) is 12.8 Å². The Kier molecular flexibility index (Phi) is 5.37. The molecule has 1 fully saturated rings. The molecule has 1 aliphatic rings. The van der Waals surface area contributed by atoms with Crippen LogP contribution < -0.4 is 0 Å². The van der Waals surface area contributed by atoms with E-state index in [4.69, 9.17) is 4.74 Å². The number of amides is 1. The molecule has 0 spiro atoms. The second-order valence-corrected chi connectivity index (χ2v) is 5.60. The molecule has 4 heteroatoms. The summed E-state index contributed by atoms with van der Waals surface area (Å²) in [6.07, 6.45) is 2.08. The number of ether oxygens (including phenoxy) is 1. The van der Waals surface area contributed by atoms with Gasteiger partial charge in [-0.15, -0.1) is 0 Å². The maximum Gasteiger partial charge on any atom is 0.310 e. The summed E-state index contributed by atoms with van der Waals surface area (Å²) in [6, 6.07) is 7.99. The number of hydrogen-bond acceptors (Lipinski definition) is 3. The van der Waals surface area contributed by atoms with Crippen LogP contribution in [0.25, 0.3) is 0 Å². The van der Waals surface area contributed by atoms with Crippen LogP contribution in [-0.2, 0) is 20.7 Å². The average molecular weight is 289 g/mol. The van der Waals surface area contributed by atoms with E-state index in [-0.39, 0.29) is 17.8 Å². The summed E-state index contributed by atoms with van der Waals surface area (Å²) in [5.41, 5.74) is 2.18. The van der Waals surface area contributed by atoms with Crippen molar-refractivity contribution in [2.45, 2.75) is 33.1 Å². The van der Waals surface area contributed by atoms with Crippen LogP contribution in [0.5, 0.6) is 0 Å². The molecule has 0 saturated carbocycles. The first-order valence-electron chi connectivity index (χ1n) is 7.60. The highest BCUT2D eigenvalue weighted by molar-refractivity contribution is 5.80. The first kappa shape index (κ1) is 15.5. The molecule has 0 unspecified atom stereocenters. The van der Waals surface area contributed by atoms with Crippen LogP contribution in [0.15, 0.2) is 24.3 Å². The van der Waals surface area contributed by atoms with E-state index in [2.05, 4.69) is 0 Å². The lowest BCUT2D eigenvalue weighted by atomic mass is 9.97. The molecule has 1 heterocycles. The Morgan fingerprint density at radius 2 is 2.19 bits per heavy atom. The minimum atomic E-state index is -0.175. The smallest absolute Gasteiger partial charge is 0.310 e. The van der Waals surface area contributed by atoms with Crippen molar-refractivity contribution >= 4 is 11.9 Å². The van der Waals surface area contributed by atoms with Crippen molar-refractivity contribution < 1.29 is 14.3 Å². The van der Waals surface area contributed by atoms with Gasteiger partial charge in [0.05, 0.1) is 18.9 Å². The summed E-state index contributed by atoms with van der Waals surface area (Å²) >= 11 is 0.